The smallest absolute Gasteiger partial charge is 0.305 e. The minimum atomic E-state index is -0.222. The van der Waals surface area contributed by atoms with Crippen molar-refractivity contribution in [1.82, 2.24) is 15.0 Å². The molecule has 6 heteroatoms. The van der Waals surface area contributed by atoms with Crippen LogP contribution in [0.25, 0.3) is 0 Å². The van der Waals surface area contributed by atoms with E-state index in [-0.39, 0.29) is 5.97 Å². The zero-order chi connectivity index (χ0) is 9.68. The number of nitrogens with zero attached hydrogens (tertiary/aromatic N) is 3. The summed E-state index contributed by atoms with van der Waals surface area (Å²) in [6.45, 7) is 0.576. The second-order valence-corrected chi connectivity index (χ2v) is 2.55. The van der Waals surface area contributed by atoms with Crippen LogP contribution in [0.2, 0.25) is 0 Å². The molecule has 0 amide bonds. The zero-order valence-corrected chi connectivity index (χ0v) is 7.43. The number of carbonyl (C=O) groups excluding carboxylic acids is 1. The van der Waals surface area contributed by atoms with Crippen molar-refractivity contribution in [3.63, 3.8) is 0 Å². The number of rotatable bonds is 4. The van der Waals surface area contributed by atoms with Gasteiger partial charge in [0.25, 0.3) is 0 Å². The molecule has 0 unspecified atom stereocenters. The zero-order valence-electron chi connectivity index (χ0n) is 7.43. The molecule has 6 nitrogen and oxygen atoms in total. The fourth-order valence-corrected chi connectivity index (χ4v) is 0.885. The molecule has 0 saturated heterocycles. The topological polar surface area (TPSA) is 83.0 Å². The lowest BCUT2D eigenvalue weighted by atomic mass is 10.3. The van der Waals surface area contributed by atoms with Gasteiger partial charge in [-0.2, -0.15) is 9.90 Å². The first-order valence-electron chi connectivity index (χ1n) is 3.95. The van der Waals surface area contributed by atoms with Gasteiger partial charge in [0.05, 0.1) is 19.9 Å². The van der Waals surface area contributed by atoms with E-state index in [1.807, 2.05) is 0 Å². The van der Waals surface area contributed by atoms with Crippen LogP contribution in [0.1, 0.15) is 12.8 Å². The molecule has 0 saturated carbocycles. The predicted molar refractivity (Wildman–Crippen MR) is 45.7 cm³/mol. The SMILES string of the molecule is COC(=O)CCCn1ncc(N)n1. The minimum absolute atomic E-state index is 0.222. The summed E-state index contributed by atoms with van der Waals surface area (Å²) < 4.78 is 4.48. The number of hydrogen-bond donors (Lipinski definition) is 1. The maximum Gasteiger partial charge on any atom is 0.305 e. The molecule has 0 aliphatic rings. The van der Waals surface area contributed by atoms with Crippen molar-refractivity contribution in [2.75, 3.05) is 12.8 Å². The fourth-order valence-electron chi connectivity index (χ4n) is 0.885. The molecule has 1 rings (SSSR count). The average Bonchev–Trinajstić information content (AvgIpc) is 2.51. The van der Waals surface area contributed by atoms with Gasteiger partial charge in [-0.3, -0.25) is 4.79 Å². The summed E-state index contributed by atoms with van der Waals surface area (Å²) in [6, 6.07) is 0. The van der Waals surface area contributed by atoms with Crippen LogP contribution in [0.15, 0.2) is 6.20 Å². The quantitative estimate of drug-likeness (QED) is 0.656. The van der Waals surface area contributed by atoms with Gasteiger partial charge < -0.3 is 10.5 Å². The first kappa shape index (κ1) is 9.50. The Balaban J connectivity index is 2.24. The van der Waals surface area contributed by atoms with E-state index in [2.05, 4.69) is 14.9 Å². The number of ether oxygens (including phenoxy) is 1. The molecular formula is C7H12N4O2. The van der Waals surface area contributed by atoms with Crippen molar-refractivity contribution in [2.45, 2.75) is 19.4 Å². The molecule has 72 valence electrons. The maximum atomic E-state index is 10.7. The highest BCUT2D eigenvalue weighted by molar-refractivity contribution is 5.68. The Morgan fingerprint density at radius 3 is 3.08 bits per heavy atom. The van der Waals surface area contributed by atoms with Gasteiger partial charge in [0.15, 0.2) is 5.82 Å². The second kappa shape index (κ2) is 4.44. The van der Waals surface area contributed by atoms with Crippen LogP contribution < -0.4 is 5.73 Å². The van der Waals surface area contributed by atoms with Crippen LogP contribution in [0, 0.1) is 0 Å². The monoisotopic (exact) mass is 184 g/mol. The highest BCUT2D eigenvalue weighted by Gasteiger charge is 2.01. The van der Waals surface area contributed by atoms with Crippen molar-refractivity contribution in [3.8, 4) is 0 Å². The van der Waals surface area contributed by atoms with Gasteiger partial charge >= 0.3 is 5.97 Å². The standard InChI is InChI=1S/C7H12N4O2/c1-13-7(12)3-2-4-11-9-5-6(8)10-11/h5H,2-4H2,1H3,(H2,8,10). The Kier molecular flexibility index (Phi) is 3.24. The summed E-state index contributed by atoms with van der Waals surface area (Å²) >= 11 is 0. The summed E-state index contributed by atoms with van der Waals surface area (Å²) in [5, 5.41) is 7.73. The van der Waals surface area contributed by atoms with E-state index in [1.165, 1.54) is 18.1 Å². The third-order valence-corrected chi connectivity index (χ3v) is 1.52. The molecule has 0 aliphatic heterocycles. The van der Waals surface area contributed by atoms with Crippen LogP contribution in [-0.2, 0) is 16.1 Å². The summed E-state index contributed by atoms with van der Waals surface area (Å²) in [7, 11) is 1.37. The molecule has 0 atom stereocenters. The number of aromatic nitrogens is 3. The fraction of sp³-hybridized carbons (Fsp3) is 0.571. The van der Waals surface area contributed by atoms with Crippen LogP contribution in [0.3, 0.4) is 0 Å². The molecule has 0 radical (unpaired) electrons. The molecule has 0 fully saturated rings. The van der Waals surface area contributed by atoms with Gasteiger partial charge in [0, 0.05) is 6.42 Å². The largest absolute Gasteiger partial charge is 0.469 e. The van der Waals surface area contributed by atoms with Gasteiger partial charge in [-0.05, 0) is 6.42 Å². The lowest BCUT2D eigenvalue weighted by molar-refractivity contribution is -0.140. The Hall–Kier alpha value is -1.59. The molecule has 13 heavy (non-hydrogen) atoms. The molecule has 1 heterocycles. The number of carbonyl (C=O) groups is 1. The van der Waals surface area contributed by atoms with Gasteiger partial charge in [-0.25, -0.2) is 0 Å². The van der Waals surface area contributed by atoms with E-state index in [9.17, 15) is 4.79 Å². The molecular weight excluding hydrogens is 172 g/mol. The van der Waals surface area contributed by atoms with E-state index >= 15 is 0 Å². The highest BCUT2D eigenvalue weighted by atomic mass is 16.5. The first-order chi connectivity index (χ1) is 6.22. The number of methoxy groups -OCH3 is 1. The van der Waals surface area contributed by atoms with Crippen LogP contribution in [0.4, 0.5) is 5.82 Å². The van der Waals surface area contributed by atoms with Crippen molar-refractivity contribution >= 4 is 11.8 Å². The number of nitrogens with two attached hydrogens (primary N) is 1. The number of hydrogen-bond acceptors (Lipinski definition) is 5. The average molecular weight is 184 g/mol. The molecule has 2 N–H and O–H groups in total. The molecule has 0 aromatic carbocycles. The number of aryl methyl sites for hydroxylation is 1. The highest BCUT2D eigenvalue weighted by Crippen LogP contribution is 1.96. The van der Waals surface area contributed by atoms with E-state index in [0.29, 0.717) is 25.2 Å². The van der Waals surface area contributed by atoms with Crippen LogP contribution in [0.5, 0.6) is 0 Å². The second-order valence-electron chi connectivity index (χ2n) is 2.55. The lowest BCUT2D eigenvalue weighted by Gasteiger charge is -1.98. The maximum absolute atomic E-state index is 10.7. The number of esters is 1. The van der Waals surface area contributed by atoms with Crippen molar-refractivity contribution < 1.29 is 9.53 Å². The van der Waals surface area contributed by atoms with Gasteiger partial charge in [-0.1, -0.05) is 0 Å². The Morgan fingerprint density at radius 1 is 1.77 bits per heavy atom. The molecule has 0 aliphatic carbocycles. The van der Waals surface area contributed by atoms with E-state index in [1.54, 1.807) is 0 Å². The Labute approximate surface area is 75.7 Å². The molecule has 1 aromatic heterocycles. The van der Waals surface area contributed by atoms with Crippen LogP contribution in [-0.4, -0.2) is 28.1 Å². The summed E-state index contributed by atoms with van der Waals surface area (Å²) in [6.07, 6.45) is 2.50. The van der Waals surface area contributed by atoms with Gasteiger partial charge in [-0.15, -0.1) is 5.10 Å². The molecule has 0 spiro atoms. The number of anilines is 1. The summed E-state index contributed by atoms with van der Waals surface area (Å²) in [4.78, 5) is 12.2. The molecule has 0 bridgehead atoms. The van der Waals surface area contributed by atoms with E-state index in [0.717, 1.165) is 0 Å². The summed E-state index contributed by atoms with van der Waals surface area (Å²) in [5.74, 6) is 0.165. The third kappa shape index (κ3) is 3.10. The third-order valence-electron chi connectivity index (χ3n) is 1.52. The first-order valence-corrected chi connectivity index (χ1v) is 3.95. The Morgan fingerprint density at radius 2 is 2.54 bits per heavy atom. The van der Waals surface area contributed by atoms with E-state index in [4.69, 9.17) is 5.73 Å². The van der Waals surface area contributed by atoms with Crippen molar-refractivity contribution in [2.24, 2.45) is 0 Å². The van der Waals surface area contributed by atoms with Crippen LogP contribution >= 0.6 is 0 Å². The van der Waals surface area contributed by atoms with Gasteiger partial charge in [0.1, 0.15) is 0 Å². The normalized spacial score (nSPS) is 9.92. The molecule has 1 aromatic rings. The number of nitrogen functional groups attached to an aromatic ring is 1. The van der Waals surface area contributed by atoms with E-state index < -0.39 is 0 Å². The summed E-state index contributed by atoms with van der Waals surface area (Å²) in [5.41, 5.74) is 5.35. The van der Waals surface area contributed by atoms with Crippen molar-refractivity contribution in [1.29, 1.82) is 0 Å². The predicted octanol–water partition coefficient (Wildman–Crippen LogP) is -0.186. The van der Waals surface area contributed by atoms with Gasteiger partial charge in [0.2, 0.25) is 0 Å². The van der Waals surface area contributed by atoms with Crippen molar-refractivity contribution in [3.05, 3.63) is 6.20 Å². The minimum Gasteiger partial charge on any atom is -0.469 e. The Bertz CT molecular complexity index is 284. The lowest BCUT2D eigenvalue weighted by Crippen LogP contribution is -2.06.